The lowest BCUT2D eigenvalue weighted by Gasteiger charge is -2.32. The molecule has 0 fully saturated rings. The van der Waals surface area contributed by atoms with Crippen molar-refractivity contribution in [3.8, 4) is 11.1 Å². The van der Waals surface area contributed by atoms with Gasteiger partial charge in [-0.3, -0.25) is 0 Å². The fourth-order valence-electron chi connectivity index (χ4n) is 2.32. The summed E-state index contributed by atoms with van der Waals surface area (Å²) in [5, 5.41) is 0. The summed E-state index contributed by atoms with van der Waals surface area (Å²) in [6.45, 7) is 1.18. The van der Waals surface area contributed by atoms with Gasteiger partial charge in [-0.25, -0.2) is 8.78 Å². The molecule has 9 heteroatoms. The van der Waals surface area contributed by atoms with Crippen LogP contribution in [0.3, 0.4) is 0 Å². The maximum absolute atomic E-state index is 14.6. The van der Waals surface area contributed by atoms with E-state index in [0.717, 1.165) is 24.3 Å². The highest BCUT2D eigenvalue weighted by Crippen LogP contribution is 2.56. The standard InChI is InChI=1S/C16H8BrF8/c1-8-6-11(14(19,15(20,21)22)16(23,24)25)13(12(17)7-8)9-2-4-10(18)5-3-9/h2-6H,1H3. The maximum atomic E-state index is 14.6. The third kappa shape index (κ3) is 3.38. The van der Waals surface area contributed by atoms with Gasteiger partial charge < -0.3 is 0 Å². The minimum Gasteiger partial charge on any atom is -0.218 e. The number of hydrogen-bond donors (Lipinski definition) is 0. The molecule has 2 aromatic carbocycles. The molecule has 0 atom stereocenters. The Hall–Kier alpha value is -1.64. The Morgan fingerprint density at radius 2 is 1.36 bits per heavy atom. The fraction of sp³-hybridized carbons (Fsp3) is 0.250. The molecule has 0 unspecified atom stereocenters. The molecule has 2 rings (SSSR count). The molecule has 0 bridgehead atoms. The summed E-state index contributed by atoms with van der Waals surface area (Å²) in [5.74, 6) is -0.754. The van der Waals surface area contributed by atoms with Crippen LogP contribution >= 0.6 is 15.9 Å². The van der Waals surface area contributed by atoms with E-state index >= 15 is 0 Å². The summed E-state index contributed by atoms with van der Waals surface area (Å²) >= 11 is 2.83. The van der Waals surface area contributed by atoms with Gasteiger partial charge in [0.15, 0.2) is 0 Å². The summed E-state index contributed by atoms with van der Waals surface area (Å²) in [6.07, 6.45) is -12.5. The lowest BCUT2D eigenvalue weighted by atomic mass is 9.86. The van der Waals surface area contributed by atoms with Gasteiger partial charge in [-0.05, 0) is 46.1 Å². The van der Waals surface area contributed by atoms with Crippen molar-refractivity contribution in [1.82, 2.24) is 0 Å². The van der Waals surface area contributed by atoms with Crippen molar-refractivity contribution in [1.29, 1.82) is 0 Å². The molecule has 0 spiro atoms. The summed E-state index contributed by atoms with van der Waals surface area (Å²) in [5.41, 5.74) is -8.31. The van der Waals surface area contributed by atoms with Crippen molar-refractivity contribution in [3.63, 3.8) is 0 Å². The van der Waals surface area contributed by atoms with E-state index in [2.05, 4.69) is 22.0 Å². The first-order valence-corrected chi connectivity index (χ1v) is 7.39. The van der Waals surface area contributed by atoms with Crippen LogP contribution in [0, 0.1) is 18.8 Å². The molecular formula is C16H8BrF8. The molecule has 2 aromatic rings. The lowest BCUT2D eigenvalue weighted by molar-refractivity contribution is -0.348. The van der Waals surface area contributed by atoms with Crippen LogP contribution in [0.5, 0.6) is 0 Å². The summed E-state index contributed by atoms with van der Waals surface area (Å²) in [6, 6.07) is 6.51. The zero-order chi connectivity index (χ0) is 19.2. The van der Waals surface area contributed by atoms with Gasteiger partial charge in [0.05, 0.1) is 0 Å². The van der Waals surface area contributed by atoms with Crippen LogP contribution in [-0.4, -0.2) is 12.4 Å². The Morgan fingerprint density at radius 3 is 1.80 bits per heavy atom. The molecule has 0 aliphatic rings. The largest absolute Gasteiger partial charge is 0.435 e. The first kappa shape index (κ1) is 19.7. The zero-order valence-corrected chi connectivity index (χ0v) is 13.9. The van der Waals surface area contributed by atoms with Gasteiger partial charge in [-0.2, -0.15) is 26.3 Å². The van der Waals surface area contributed by atoms with E-state index in [1.54, 1.807) is 0 Å². The molecule has 0 nitrogen and oxygen atoms in total. The normalized spacial score (nSPS) is 13.2. The second kappa shape index (κ2) is 6.26. The Labute approximate surface area is 145 Å². The van der Waals surface area contributed by atoms with Gasteiger partial charge in [-0.15, -0.1) is 0 Å². The molecule has 0 heterocycles. The van der Waals surface area contributed by atoms with E-state index in [1.807, 2.05) is 0 Å². The second-order valence-electron chi connectivity index (χ2n) is 5.22. The highest BCUT2D eigenvalue weighted by Gasteiger charge is 2.74. The number of hydrogen-bond acceptors (Lipinski definition) is 0. The van der Waals surface area contributed by atoms with Crippen LogP contribution in [0.15, 0.2) is 34.8 Å². The fourth-order valence-corrected chi connectivity index (χ4v) is 3.07. The van der Waals surface area contributed by atoms with E-state index in [9.17, 15) is 35.1 Å². The first-order chi connectivity index (χ1) is 11.3. The number of halogens is 9. The van der Waals surface area contributed by atoms with Crippen LogP contribution in [0.25, 0.3) is 11.1 Å². The molecule has 1 radical (unpaired) electrons. The van der Waals surface area contributed by atoms with Crippen molar-refractivity contribution < 1.29 is 35.1 Å². The van der Waals surface area contributed by atoms with E-state index < -0.39 is 35.0 Å². The lowest BCUT2D eigenvalue weighted by Crippen LogP contribution is -2.50. The molecule has 0 amide bonds. The van der Waals surface area contributed by atoms with Crippen LogP contribution < -0.4 is 0 Å². The molecule has 0 aliphatic carbocycles. The van der Waals surface area contributed by atoms with Crippen LogP contribution in [0.1, 0.15) is 11.1 Å². The Kier molecular flexibility index (Phi) is 4.93. The van der Waals surface area contributed by atoms with Crippen LogP contribution in [0.4, 0.5) is 35.1 Å². The van der Waals surface area contributed by atoms with E-state index in [4.69, 9.17) is 0 Å². The minimum absolute atomic E-state index is 0.136. The van der Waals surface area contributed by atoms with Gasteiger partial charge in [0.25, 0.3) is 0 Å². The Balaban J connectivity index is 2.91. The van der Waals surface area contributed by atoms with Gasteiger partial charge >= 0.3 is 18.0 Å². The molecular weight excluding hydrogens is 424 g/mol. The quantitative estimate of drug-likeness (QED) is 0.466. The van der Waals surface area contributed by atoms with E-state index in [1.165, 1.54) is 6.92 Å². The third-order valence-corrected chi connectivity index (χ3v) is 4.04. The third-order valence-electron chi connectivity index (χ3n) is 3.44. The summed E-state index contributed by atoms with van der Waals surface area (Å²) in [4.78, 5) is 0. The van der Waals surface area contributed by atoms with Gasteiger partial charge in [-0.1, -0.05) is 18.2 Å². The molecule has 25 heavy (non-hydrogen) atoms. The maximum Gasteiger partial charge on any atom is 0.435 e. The van der Waals surface area contributed by atoms with Crippen LogP contribution in [0.2, 0.25) is 0 Å². The van der Waals surface area contributed by atoms with Crippen molar-refractivity contribution in [2.24, 2.45) is 0 Å². The number of benzene rings is 2. The number of rotatable bonds is 2. The average molecular weight is 432 g/mol. The molecule has 0 N–H and O–H groups in total. The monoisotopic (exact) mass is 431 g/mol. The number of alkyl halides is 7. The van der Waals surface area contributed by atoms with Crippen molar-refractivity contribution >= 4 is 15.9 Å². The molecule has 0 saturated heterocycles. The van der Waals surface area contributed by atoms with Crippen LogP contribution in [-0.2, 0) is 5.67 Å². The first-order valence-electron chi connectivity index (χ1n) is 6.60. The predicted molar refractivity (Wildman–Crippen MR) is 78.0 cm³/mol. The van der Waals surface area contributed by atoms with E-state index in [0.29, 0.717) is 6.07 Å². The summed E-state index contributed by atoms with van der Waals surface area (Å²) in [7, 11) is 0. The van der Waals surface area contributed by atoms with Gasteiger partial charge in [0.2, 0.25) is 0 Å². The minimum atomic E-state index is -6.26. The van der Waals surface area contributed by atoms with Gasteiger partial charge in [0.1, 0.15) is 5.82 Å². The Morgan fingerprint density at radius 1 is 0.880 bits per heavy atom. The number of aryl methyl sites for hydroxylation is 1. The van der Waals surface area contributed by atoms with Crippen molar-refractivity contribution in [2.75, 3.05) is 0 Å². The molecule has 0 saturated carbocycles. The highest BCUT2D eigenvalue weighted by molar-refractivity contribution is 9.10. The molecule has 135 valence electrons. The zero-order valence-electron chi connectivity index (χ0n) is 12.3. The smallest absolute Gasteiger partial charge is 0.218 e. The molecule has 0 aliphatic heterocycles. The predicted octanol–water partition coefficient (Wildman–Crippen LogP) is 6.65. The van der Waals surface area contributed by atoms with E-state index in [-0.39, 0.29) is 15.6 Å². The van der Waals surface area contributed by atoms with Crippen molar-refractivity contribution in [3.05, 3.63) is 57.8 Å². The highest BCUT2D eigenvalue weighted by atomic mass is 79.9. The Bertz CT molecular complexity index is 760. The molecule has 0 aromatic heterocycles. The van der Waals surface area contributed by atoms with Crippen molar-refractivity contribution in [2.45, 2.75) is 24.9 Å². The summed E-state index contributed by atoms with van der Waals surface area (Å²) < 4.78 is 106. The van der Waals surface area contributed by atoms with Gasteiger partial charge in [0, 0.05) is 21.7 Å². The SMILES string of the molecule is Cc1[c]c(Br)c(-c2ccc(F)cc2)c(C(F)(C(F)(F)F)C(F)(F)F)c1. The second-order valence-corrected chi connectivity index (χ2v) is 6.01. The average Bonchev–Trinajstić information content (AvgIpc) is 2.44. The topological polar surface area (TPSA) is 0 Å².